The molecule has 0 aromatic heterocycles. The predicted molar refractivity (Wildman–Crippen MR) is 62.7 cm³/mol. The second kappa shape index (κ2) is 4.67. The van der Waals surface area contributed by atoms with Gasteiger partial charge in [0.05, 0.1) is 11.2 Å². The molecule has 0 aromatic rings. The van der Waals surface area contributed by atoms with Crippen molar-refractivity contribution < 1.29 is 10.2 Å². The van der Waals surface area contributed by atoms with Gasteiger partial charge in [0, 0.05) is 0 Å². The lowest BCUT2D eigenvalue weighted by molar-refractivity contribution is 0.0684. The van der Waals surface area contributed by atoms with Gasteiger partial charge in [0.25, 0.3) is 0 Å². The van der Waals surface area contributed by atoms with Crippen LogP contribution in [0.1, 0.15) is 59.3 Å². The Morgan fingerprint density at radius 3 is 2.67 bits per heavy atom. The highest BCUT2D eigenvalue weighted by Crippen LogP contribution is 2.29. The molecule has 0 aliphatic heterocycles. The Hall–Kier alpha value is -0.340. The molecule has 15 heavy (non-hydrogen) atoms. The van der Waals surface area contributed by atoms with Crippen LogP contribution in [0, 0.1) is 0 Å². The van der Waals surface area contributed by atoms with E-state index in [1.165, 1.54) is 5.57 Å². The van der Waals surface area contributed by atoms with Crippen LogP contribution in [0.15, 0.2) is 11.6 Å². The van der Waals surface area contributed by atoms with Gasteiger partial charge in [0.2, 0.25) is 0 Å². The lowest BCUT2D eigenvalue weighted by Gasteiger charge is -2.26. The van der Waals surface area contributed by atoms with E-state index in [0.29, 0.717) is 0 Å². The average Bonchev–Trinajstić information content (AvgIpc) is 1.99. The van der Waals surface area contributed by atoms with Crippen molar-refractivity contribution in [1.82, 2.24) is 0 Å². The van der Waals surface area contributed by atoms with Crippen LogP contribution in [0.5, 0.6) is 0 Å². The third-order valence-electron chi connectivity index (χ3n) is 2.98. The van der Waals surface area contributed by atoms with Crippen LogP contribution in [0.25, 0.3) is 0 Å². The molecule has 0 radical (unpaired) electrons. The van der Waals surface area contributed by atoms with Gasteiger partial charge in [-0.2, -0.15) is 0 Å². The molecule has 1 rings (SSSR count). The SMILES string of the molecule is CC(C)(O)CCCC1=CC(C)(O)CCC1. The summed E-state index contributed by atoms with van der Waals surface area (Å²) in [6.45, 7) is 5.57. The Balaban J connectivity index is 2.36. The first-order valence-corrected chi connectivity index (χ1v) is 5.94. The van der Waals surface area contributed by atoms with Crippen molar-refractivity contribution in [3.8, 4) is 0 Å². The summed E-state index contributed by atoms with van der Waals surface area (Å²) >= 11 is 0. The van der Waals surface area contributed by atoms with Crippen LogP contribution in [0.3, 0.4) is 0 Å². The summed E-state index contributed by atoms with van der Waals surface area (Å²) in [6, 6.07) is 0. The summed E-state index contributed by atoms with van der Waals surface area (Å²) in [6.07, 6.45) is 7.93. The average molecular weight is 212 g/mol. The quantitative estimate of drug-likeness (QED) is 0.703. The summed E-state index contributed by atoms with van der Waals surface area (Å²) in [5, 5.41) is 19.5. The van der Waals surface area contributed by atoms with Crippen LogP contribution < -0.4 is 0 Å². The predicted octanol–water partition coefficient (Wildman–Crippen LogP) is 2.79. The fourth-order valence-electron chi connectivity index (χ4n) is 2.20. The molecule has 0 saturated carbocycles. The van der Waals surface area contributed by atoms with E-state index >= 15 is 0 Å². The van der Waals surface area contributed by atoms with Crippen LogP contribution in [-0.4, -0.2) is 21.4 Å². The van der Waals surface area contributed by atoms with Gasteiger partial charge in [-0.25, -0.2) is 0 Å². The second-order valence-corrected chi connectivity index (χ2v) is 5.68. The summed E-state index contributed by atoms with van der Waals surface area (Å²) < 4.78 is 0. The Morgan fingerprint density at radius 2 is 2.13 bits per heavy atom. The smallest absolute Gasteiger partial charge is 0.0802 e. The van der Waals surface area contributed by atoms with Gasteiger partial charge in [-0.15, -0.1) is 0 Å². The summed E-state index contributed by atoms with van der Waals surface area (Å²) in [5.74, 6) is 0. The molecular weight excluding hydrogens is 188 g/mol. The number of hydrogen-bond donors (Lipinski definition) is 2. The molecule has 0 amide bonds. The van der Waals surface area contributed by atoms with Gasteiger partial charge in [0.1, 0.15) is 0 Å². The fourth-order valence-corrected chi connectivity index (χ4v) is 2.20. The molecule has 0 heterocycles. The zero-order chi connectivity index (χ0) is 11.5. The molecule has 0 fully saturated rings. The second-order valence-electron chi connectivity index (χ2n) is 5.68. The Bertz CT molecular complexity index is 233. The van der Waals surface area contributed by atoms with Crippen molar-refractivity contribution in [3.63, 3.8) is 0 Å². The first-order valence-electron chi connectivity index (χ1n) is 5.94. The van der Waals surface area contributed by atoms with Crippen LogP contribution in [0.2, 0.25) is 0 Å². The molecule has 2 nitrogen and oxygen atoms in total. The molecule has 1 unspecified atom stereocenters. The highest BCUT2D eigenvalue weighted by Gasteiger charge is 2.22. The Kier molecular flexibility index (Phi) is 3.96. The largest absolute Gasteiger partial charge is 0.390 e. The number of rotatable bonds is 4. The standard InChI is InChI=1S/C13H24O2/c1-12(2,14)8-4-6-11-7-5-9-13(3,15)10-11/h10,14-15H,4-9H2,1-3H3. The van der Waals surface area contributed by atoms with E-state index in [1.54, 1.807) is 0 Å². The molecule has 0 spiro atoms. The zero-order valence-corrected chi connectivity index (χ0v) is 10.2. The van der Waals surface area contributed by atoms with E-state index in [9.17, 15) is 10.2 Å². The van der Waals surface area contributed by atoms with E-state index in [0.717, 1.165) is 38.5 Å². The third-order valence-corrected chi connectivity index (χ3v) is 2.98. The molecule has 1 atom stereocenters. The van der Waals surface area contributed by atoms with Crippen molar-refractivity contribution in [2.24, 2.45) is 0 Å². The lowest BCUT2D eigenvalue weighted by atomic mass is 9.85. The van der Waals surface area contributed by atoms with Gasteiger partial charge < -0.3 is 10.2 Å². The van der Waals surface area contributed by atoms with Crippen molar-refractivity contribution in [3.05, 3.63) is 11.6 Å². The summed E-state index contributed by atoms with van der Waals surface area (Å²) in [4.78, 5) is 0. The highest BCUT2D eigenvalue weighted by atomic mass is 16.3. The Morgan fingerprint density at radius 1 is 1.47 bits per heavy atom. The molecular formula is C13H24O2. The van der Waals surface area contributed by atoms with Crippen LogP contribution in [0.4, 0.5) is 0 Å². The van der Waals surface area contributed by atoms with Gasteiger partial charge in [0.15, 0.2) is 0 Å². The minimum atomic E-state index is -0.595. The summed E-state index contributed by atoms with van der Waals surface area (Å²) in [5.41, 5.74) is 0.204. The van der Waals surface area contributed by atoms with Crippen LogP contribution >= 0.6 is 0 Å². The number of hydrogen-bond acceptors (Lipinski definition) is 2. The van der Waals surface area contributed by atoms with Crippen molar-refractivity contribution in [2.75, 3.05) is 0 Å². The van der Waals surface area contributed by atoms with Crippen molar-refractivity contribution >= 4 is 0 Å². The van der Waals surface area contributed by atoms with Gasteiger partial charge in [-0.3, -0.25) is 0 Å². The minimum absolute atomic E-state index is 0.558. The molecule has 0 bridgehead atoms. The monoisotopic (exact) mass is 212 g/mol. The van der Waals surface area contributed by atoms with Crippen molar-refractivity contribution in [2.45, 2.75) is 70.5 Å². The molecule has 0 saturated heterocycles. The van der Waals surface area contributed by atoms with Gasteiger partial charge >= 0.3 is 0 Å². The normalized spacial score (nSPS) is 27.7. The van der Waals surface area contributed by atoms with Crippen LogP contribution in [-0.2, 0) is 0 Å². The number of allylic oxidation sites excluding steroid dienone is 1. The highest BCUT2D eigenvalue weighted by molar-refractivity contribution is 5.13. The van der Waals surface area contributed by atoms with E-state index in [4.69, 9.17) is 0 Å². The molecule has 0 aromatic carbocycles. The number of aliphatic hydroxyl groups is 2. The summed E-state index contributed by atoms with van der Waals surface area (Å²) in [7, 11) is 0. The molecule has 2 N–H and O–H groups in total. The lowest BCUT2D eigenvalue weighted by Crippen LogP contribution is -2.24. The fraction of sp³-hybridized carbons (Fsp3) is 0.846. The van der Waals surface area contributed by atoms with Gasteiger partial charge in [-0.1, -0.05) is 11.6 Å². The molecule has 2 heteroatoms. The minimum Gasteiger partial charge on any atom is -0.390 e. The maximum Gasteiger partial charge on any atom is 0.0802 e. The first-order chi connectivity index (χ1) is 6.79. The molecule has 1 aliphatic rings. The Labute approximate surface area is 93.0 Å². The molecule has 88 valence electrons. The first kappa shape index (κ1) is 12.7. The van der Waals surface area contributed by atoms with E-state index in [2.05, 4.69) is 0 Å². The third kappa shape index (κ3) is 5.33. The topological polar surface area (TPSA) is 40.5 Å². The van der Waals surface area contributed by atoms with E-state index in [-0.39, 0.29) is 0 Å². The zero-order valence-electron chi connectivity index (χ0n) is 10.2. The van der Waals surface area contributed by atoms with Gasteiger partial charge in [-0.05, 0) is 59.3 Å². The van der Waals surface area contributed by atoms with Crippen molar-refractivity contribution in [1.29, 1.82) is 0 Å². The van der Waals surface area contributed by atoms with E-state index in [1.807, 2.05) is 26.8 Å². The maximum absolute atomic E-state index is 9.88. The maximum atomic E-state index is 9.88. The molecule has 1 aliphatic carbocycles. The van der Waals surface area contributed by atoms with E-state index < -0.39 is 11.2 Å².